The Hall–Kier alpha value is -2.58. The van der Waals surface area contributed by atoms with Gasteiger partial charge in [-0.05, 0) is 78.2 Å². The molecule has 4 rings (SSSR count). The zero-order valence-electron chi connectivity index (χ0n) is 20.3. The van der Waals surface area contributed by atoms with E-state index in [4.69, 9.17) is 4.74 Å². The third-order valence-electron chi connectivity index (χ3n) is 7.08. The molecule has 0 bridgehead atoms. The highest BCUT2D eigenvalue weighted by Crippen LogP contribution is 2.33. The topological polar surface area (TPSA) is 88.9 Å². The normalized spacial score (nSPS) is 16.0. The molecule has 1 aliphatic carbocycles. The maximum Gasteiger partial charge on any atom is 0.252 e. The second-order valence-corrected chi connectivity index (χ2v) is 9.29. The van der Waals surface area contributed by atoms with Gasteiger partial charge in [-0.15, -0.1) is 5.10 Å². The first-order valence-electron chi connectivity index (χ1n) is 12.2. The van der Waals surface area contributed by atoms with Crippen molar-refractivity contribution in [1.29, 1.82) is 0 Å². The van der Waals surface area contributed by atoms with Crippen molar-refractivity contribution < 1.29 is 4.74 Å². The number of benzene rings is 1. The Morgan fingerprint density at radius 2 is 1.94 bits per heavy atom. The lowest BCUT2D eigenvalue weighted by molar-refractivity contribution is 0.0826. The summed E-state index contributed by atoms with van der Waals surface area (Å²) in [5, 5.41) is 13.7. The van der Waals surface area contributed by atoms with E-state index < -0.39 is 0 Å². The third kappa shape index (κ3) is 5.17. The Kier molecular flexibility index (Phi) is 7.55. The van der Waals surface area contributed by atoms with E-state index in [0.29, 0.717) is 25.7 Å². The van der Waals surface area contributed by atoms with E-state index in [1.54, 1.807) is 7.11 Å². The first-order chi connectivity index (χ1) is 16.0. The minimum absolute atomic E-state index is 0.0135. The molecule has 1 saturated carbocycles. The van der Waals surface area contributed by atoms with E-state index >= 15 is 0 Å². The van der Waals surface area contributed by atoms with Gasteiger partial charge in [-0.25, -0.2) is 4.68 Å². The molecule has 1 N–H and O–H groups in total. The third-order valence-corrected chi connectivity index (χ3v) is 7.08. The van der Waals surface area contributed by atoms with Gasteiger partial charge in [0.25, 0.3) is 5.56 Å². The molecule has 0 unspecified atom stereocenters. The highest BCUT2D eigenvalue weighted by atomic mass is 16.5. The maximum absolute atomic E-state index is 13.1. The van der Waals surface area contributed by atoms with Crippen molar-refractivity contribution in [3.63, 3.8) is 0 Å². The molecule has 33 heavy (non-hydrogen) atoms. The zero-order chi connectivity index (χ0) is 23.4. The number of aromatic amines is 1. The molecule has 0 radical (unpaired) electrons. The van der Waals surface area contributed by atoms with Gasteiger partial charge in [0.05, 0.1) is 19.2 Å². The predicted molar refractivity (Wildman–Crippen MR) is 129 cm³/mol. The average molecular weight is 453 g/mol. The SMILES string of the molecule is CC[C@@H](c1nnnn1CCOC)N(Cc1cc2cc(C)c(C)cc2[nH]c1=O)C1CCCCC1. The first kappa shape index (κ1) is 23.6. The molecule has 1 aromatic carbocycles. The van der Waals surface area contributed by atoms with E-state index in [2.05, 4.69) is 64.4 Å². The quantitative estimate of drug-likeness (QED) is 0.527. The monoisotopic (exact) mass is 452 g/mol. The fraction of sp³-hybridized carbons (Fsp3) is 0.600. The summed E-state index contributed by atoms with van der Waals surface area (Å²) < 4.78 is 7.11. The van der Waals surface area contributed by atoms with Crippen molar-refractivity contribution in [2.75, 3.05) is 13.7 Å². The van der Waals surface area contributed by atoms with Crippen molar-refractivity contribution in [3.05, 3.63) is 51.1 Å². The smallest absolute Gasteiger partial charge is 0.252 e. The molecule has 8 nitrogen and oxygen atoms in total. The van der Waals surface area contributed by atoms with Crippen LogP contribution in [-0.4, -0.2) is 49.8 Å². The number of methoxy groups -OCH3 is 1. The standard InChI is InChI=1S/C25H36N6O2/c1-5-23(24-27-28-29-31(24)11-12-33-4)30(21-9-7-6-8-10-21)16-20-15-19-13-17(2)18(3)14-22(19)26-25(20)32/h13-15,21,23H,5-12,16H2,1-4H3,(H,26,32)/t23-/m0/s1. The van der Waals surface area contributed by atoms with Crippen LogP contribution in [0.15, 0.2) is 23.0 Å². The largest absolute Gasteiger partial charge is 0.383 e. The number of H-pyrrole nitrogens is 1. The summed E-state index contributed by atoms with van der Waals surface area (Å²) in [5.74, 6) is 0.851. The van der Waals surface area contributed by atoms with E-state index in [-0.39, 0.29) is 11.6 Å². The van der Waals surface area contributed by atoms with Crippen LogP contribution in [0, 0.1) is 13.8 Å². The van der Waals surface area contributed by atoms with Crippen molar-refractivity contribution in [1.82, 2.24) is 30.1 Å². The van der Waals surface area contributed by atoms with Crippen LogP contribution >= 0.6 is 0 Å². The molecule has 1 fully saturated rings. The van der Waals surface area contributed by atoms with Gasteiger partial charge in [-0.1, -0.05) is 26.2 Å². The molecule has 3 aromatic rings. The van der Waals surface area contributed by atoms with Gasteiger partial charge in [0.15, 0.2) is 5.82 Å². The average Bonchev–Trinajstić information content (AvgIpc) is 3.28. The Morgan fingerprint density at radius 1 is 1.18 bits per heavy atom. The van der Waals surface area contributed by atoms with Crippen LogP contribution in [-0.2, 0) is 17.8 Å². The minimum atomic E-state index is -0.0135. The molecule has 8 heteroatoms. The van der Waals surface area contributed by atoms with Crippen molar-refractivity contribution in [2.24, 2.45) is 0 Å². The molecule has 0 saturated heterocycles. The molecule has 0 amide bonds. The molecular weight excluding hydrogens is 416 g/mol. The number of nitrogens with one attached hydrogen (secondary N) is 1. The lowest BCUT2D eigenvalue weighted by Gasteiger charge is -2.39. The predicted octanol–water partition coefficient (Wildman–Crippen LogP) is 4.06. The van der Waals surface area contributed by atoms with Gasteiger partial charge < -0.3 is 9.72 Å². The lowest BCUT2D eigenvalue weighted by Crippen LogP contribution is -2.41. The molecule has 0 spiro atoms. The first-order valence-corrected chi connectivity index (χ1v) is 12.2. The second-order valence-electron chi connectivity index (χ2n) is 9.29. The van der Waals surface area contributed by atoms with Gasteiger partial charge in [-0.3, -0.25) is 9.69 Å². The van der Waals surface area contributed by atoms with Crippen molar-refractivity contribution in [2.45, 2.75) is 84.5 Å². The Morgan fingerprint density at radius 3 is 2.67 bits per heavy atom. The van der Waals surface area contributed by atoms with Gasteiger partial charge >= 0.3 is 0 Å². The van der Waals surface area contributed by atoms with Gasteiger partial charge in [-0.2, -0.15) is 0 Å². The van der Waals surface area contributed by atoms with E-state index in [0.717, 1.165) is 41.6 Å². The number of fused-ring (bicyclic) bond motifs is 1. The van der Waals surface area contributed by atoms with E-state index in [1.807, 2.05) is 4.68 Å². The minimum Gasteiger partial charge on any atom is -0.383 e. The summed E-state index contributed by atoms with van der Waals surface area (Å²) in [4.78, 5) is 18.7. The summed E-state index contributed by atoms with van der Waals surface area (Å²) in [6, 6.07) is 6.74. The van der Waals surface area contributed by atoms with E-state index in [9.17, 15) is 4.79 Å². The molecule has 0 aliphatic heterocycles. The van der Waals surface area contributed by atoms with Crippen LogP contribution in [0.2, 0.25) is 0 Å². The van der Waals surface area contributed by atoms with E-state index in [1.165, 1.54) is 30.4 Å². The van der Waals surface area contributed by atoms with Gasteiger partial charge in [0.2, 0.25) is 0 Å². The number of nitrogens with zero attached hydrogens (tertiary/aromatic N) is 5. The number of aromatic nitrogens is 5. The summed E-state index contributed by atoms with van der Waals surface area (Å²) in [5.41, 5.74) is 4.09. The summed E-state index contributed by atoms with van der Waals surface area (Å²) in [6.07, 6.45) is 6.87. The van der Waals surface area contributed by atoms with Crippen LogP contribution in [0.3, 0.4) is 0 Å². The molecular formula is C25H36N6O2. The molecule has 178 valence electrons. The number of hydrogen-bond acceptors (Lipinski definition) is 6. The fourth-order valence-corrected chi connectivity index (χ4v) is 5.10. The van der Waals surface area contributed by atoms with Gasteiger partial charge in [0, 0.05) is 30.8 Å². The highest BCUT2D eigenvalue weighted by Gasteiger charge is 2.32. The maximum atomic E-state index is 13.1. The molecule has 1 aliphatic rings. The number of rotatable bonds is 9. The number of pyridine rings is 1. The zero-order valence-corrected chi connectivity index (χ0v) is 20.3. The molecule has 2 heterocycles. The van der Waals surface area contributed by atoms with Crippen molar-refractivity contribution in [3.8, 4) is 0 Å². The van der Waals surface area contributed by atoms with Gasteiger partial charge in [0.1, 0.15) is 0 Å². The van der Waals surface area contributed by atoms with Crippen LogP contribution in [0.5, 0.6) is 0 Å². The number of hydrogen-bond donors (Lipinski definition) is 1. The van der Waals surface area contributed by atoms with Crippen LogP contribution in [0.4, 0.5) is 0 Å². The number of aryl methyl sites for hydroxylation is 2. The molecule has 2 aromatic heterocycles. The Labute approximate surface area is 195 Å². The Balaban J connectivity index is 1.72. The second kappa shape index (κ2) is 10.6. The van der Waals surface area contributed by atoms with Crippen molar-refractivity contribution >= 4 is 10.9 Å². The van der Waals surface area contributed by atoms with Crippen LogP contribution < -0.4 is 5.56 Å². The van der Waals surface area contributed by atoms with Crippen LogP contribution in [0.25, 0.3) is 10.9 Å². The summed E-state index contributed by atoms with van der Waals surface area (Å²) in [6.45, 7) is 8.11. The lowest BCUT2D eigenvalue weighted by atomic mass is 9.92. The summed E-state index contributed by atoms with van der Waals surface area (Å²) in [7, 11) is 1.69. The highest BCUT2D eigenvalue weighted by molar-refractivity contribution is 5.80. The summed E-state index contributed by atoms with van der Waals surface area (Å²) >= 11 is 0. The Bertz CT molecular complexity index is 1130. The number of tetrazole rings is 1. The fourth-order valence-electron chi connectivity index (χ4n) is 5.10. The molecule has 1 atom stereocenters. The van der Waals surface area contributed by atoms with Crippen LogP contribution in [0.1, 0.15) is 74.0 Å². The number of ether oxygens (including phenoxy) is 1.